The number of carbonyl (C=O) groups is 2. The van der Waals surface area contributed by atoms with Crippen LogP contribution in [0, 0.1) is 11.2 Å². The van der Waals surface area contributed by atoms with Crippen LogP contribution in [0.5, 0.6) is 0 Å². The number of halogens is 4. The van der Waals surface area contributed by atoms with E-state index in [1.54, 1.807) is 6.92 Å². The van der Waals surface area contributed by atoms with Gasteiger partial charge in [-0.3, -0.25) is 9.59 Å². The van der Waals surface area contributed by atoms with Gasteiger partial charge in [-0.25, -0.2) is 4.39 Å². The van der Waals surface area contributed by atoms with Gasteiger partial charge in [0.05, 0.1) is 5.69 Å². The molecule has 1 aliphatic carbocycles. The second kappa shape index (κ2) is 5.63. The van der Waals surface area contributed by atoms with E-state index in [0.717, 1.165) is 6.07 Å². The van der Waals surface area contributed by atoms with E-state index in [9.17, 15) is 14.0 Å². The molecule has 0 aromatic heterocycles. The monoisotopic (exact) mass is 353 g/mol. The van der Waals surface area contributed by atoms with Gasteiger partial charge < -0.3 is 10.1 Å². The molecular weight excluding hydrogens is 344 g/mol. The Labute approximate surface area is 135 Å². The number of nitrogens with one attached hydrogen (secondary N) is 1. The summed E-state index contributed by atoms with van der Waals surface area (Å²) < 4.78 is 17.1. The maximum Gasteiger partial charge on any atom is 0.315 e. The third-order valence-corrected chi connectivity index (χ3v) is 4.58. The maximum absolute atomic E-state index is 13.4. The van der Waals surface area contributed by atoms with Gasteiger partial charge in [-0.05, 0) is 25.1 Å². The summed E-state index contributed by atoms with van der Waals surface area (Å²) in [4.78, 5) is 23.4. The second-order valence-electron chi connectivity index (χ2n) is 4.96. The number of benzene rings is 1. The van der Waals surface area contributed by atoms with Gasteiger partial charge in [-0.15, -0.1) is 23.2 Å². The number of alkyl halides is 2. The zero-order valence-corrected chi connectivity index (χ0v) is 13.2. The van der Waals surface area contributed by atoms with Crippen molar-refractivity contribution < 1.29 is 18.7 Å². The highest BCUT2D eigenvalue weighted by molar-refractivity contribution is 6.53. The number of anilines is 1. The van der Waals surface area contributed by atoms with Gasteiger partial charge >= 0.3 is 5.97 Å². The van der Waals surface area contributed by atoms with Crippen LogP contribution in [0.1, 0.15) is 13.3 Å². The molecule has 1 aliphatic rings. The first-order valence-electron chi connectivity index (χ1n) is 5.96. The Balaban J connectivity index is 1.89. The molecule has 1 atom stereocenters. The fourth-order valence-corrected chi connectivity index (χ4v) is 2.55. The Bertz CT molecular complexity index is 608. The van der Waals surface area contributed by atoms with Crippen LogP contribution in [-0.2, 0) is 14.3 Å². The van der Waals surface area contributed by atoms with Gasteiger partial charge in [-0.1, -0.05) is 11.6 Å². The second-order valence-corrected chi connectivity index (χ2v) is 6.88. The largest absolute Gasteiger partial charge is 0.455 e. The number of rotatable bonds is 4. The summed E-state index contributed by atoms with van der Waals surface area (Å²) in [5.41, 5.74) is -1.11. The first-order chi connectivity index (χ1) is 9.65. The van der Waals surface area contributed by atoms with E-state index in [0.29, 0.717) is 0 Å². The van der Waals surface area contributed by atoms with Crippen LogP contribution in [-0.4, -0.2) is 22.8 Å². The molecule has 0 radical (unpaired) electrons. The molecule has 1 fully saturated rings. The van der Waals surface area contributed by atoms with Crippen molar-refractivity contribution >= 4 is 52.4 Å². The van der Waals surface area contributed by atoms with Crippen LogP contribution in [0.15, 0.2) is 18.2 Å². The van der Waals surface area contributed by atoms with Crippen molar-refractivity contribution in [1.29, 1.82) is 0 Å². The molecule has 0 saturated heterocycles. The average Bonchev–Trinajstić information content (AvgIpc) is 2.91. The van der Waals surface area contributed by atoms with Crippen LogP contribution in [0.25, 0.3) is 0 Å². The smallest absolute Gasteiger partial charge is 0.315 e. The number of hydrogen-bond acceptors (Lipinski definition) is 3. The average molecular weight is 355 g/mol. The number of esters is 1. The highest BCUT2D eigenvalue weighted by Gasteiger charge is 2.69. The van der Waals surface area contributed by atoms with Crippen molar-refractivity contribution in [3.63, 3.8) is 0 Å². The molecular formula is C13H11Cl3FNO3. The molecule has 2 rings (SSSR count). The standard InChI is InChI=1S/C13H11Cl3FNO3/c1-12(6-13(12,15)16)11(20)21-5-10(19)18-9-4-7(14)2-3-8(9)17/h2-4H,5-6H2,1H3,(H,18,19)/t12-/m0/s1. The lowest BCUT2D eigenvalue weighted by Crippen LogP contribution is -2.27. The van der Waals surface area contributed by atoms with Crippen molar-refractivity contribution in [2.75, 3.05) is 11.9 Å². The molecule has 21 heavy (non-hydrogen) atoms. The molecule has 114 valence electrons. The number of carbonyl (C=O) groups excluding carboxylic acids is 2. The molecule has 0 heterocycles. The topological polar surface area (TPSA) is 55.4 Å². The first kappa shape index (κ1) is 16.3. The zero-order chi connectivity index (χ0) is 15.8. The van der Waals surface area contributed by atoms with Crippen LogP contribution in [0.4, 0.5) is 10.1 Å². The molecule has 1 aromatic rings. The minimum atomic E-state index is -1.17. The normalized spacial score (nSPS) is 22.5. The van der Waals surface area contributed by atoms with E-state index in [1.807, 2.05) is 0 Å². The Morgan fingerprint density at radius 2 is 2.05 bits per heavy atom. The SMILES string of the molecule is C[C@@]1(C(=O)OCC(=O)Nc2cc(Cl)ccc2F)CC1(Cl)Cl. The van der Waals surface area contributed by atoms with Crippen LogP contribution < -0.4 is 5.32 Å². The third-order valence-electron chi connectivity index (χ3n) is 3.25. The number of amides is 1. The van der Waals surface area contributed by atoms with Crippen molar-refractivity contribution in [3.05, 3.63) is 29.0 Å². The van der Waals surface area contributed by atoms with Gasteiger partial charge in [0.25, 0.3) is 5.91 Å². The summed E-state index contributed by atoms with van der Waals surface area (Å²) in [5.74, 6) is -2.01. The van der Waals surface area contributed by atoms with Crippen molar-refractivity contribution in [2.45, 2.75) is 17.7 Å². The van der Waals surface area contributed by atoms with E-state index in [1.165, 1.54) is 12.1 Å². The fraction of sp³-hybridized carbons (Fsp3) is 0.385. The molecule has 0 bridgehead atoms. The molecule has 1 aromatic carbocycles. The molecule has 1 saturated carbocycles. The quantitative estimate of drug-likeness (QED) is 0.664. The Kier molecular flexibility index (Phi) is 4.38. The predicted molar refractivity (Wildman–Crippen MR) is 78.2 cm³/mol. The summed E-state index contributed by atoms with van der Waals surface area (Å²) in [5, 5.41) is 2.52. The molecule has 1 amide bonds. The summed E-state index contributed by atoms with van der Waals surface area (Å²) in [7, 11) is 0. The lowest BCUT2D eigenvalue weighted by Gasteiger charge is -2.12. The van der Waals surface area contributed by atoms with Gasteiger partial charge in [-0.2, -0.15) is 0 Å². The highest BCUT2D eigenvalue weighted by atomic mass is 35.5. The third kappa shape index (κ3) is 3.42. The lowest BCUT2D eigenvalue weighted by atomic mass is 10.1. The van der Waals surface area contributed by atoms with E-state index in [2.05, 4.69) is 5.32 Å². The van der Waals surface area contributed by atoms with Gasteiger partial charge in [0, 0.05) is 11.4 Å². The highest BCUT2D eigenvalue weighted by Crippen LogP contribution is 2.64. The summed E-state index contributed by atoms with van der Waals surface area (Å²) in [6, 6.07) is 3.72. The van der Waals surface area contributed by atoms with Crippen LogP contribution >= 0.6 is 34.8 Å². The minimum absolute atomic E-state index is 0.0924. The Morgan fingerprint density at radius 3 is 2.62 bits per heavy atom. The fourth-order valence-electron chi connectivity index (χ4n) is 1.69. The zero-order valence-electron chi connectivity index (χ0n) is 10.9. The van der Waals surface area contributed by atoms with Crippen molar-refractivity contribution in [2.24, 2.45) is 5.41 Å². The van der Waals surface area contributed by atoms with Gasteiger partial charge in [0.2, 0.25) is 0 Å². The number of ether oxygens (including phenoxy) is 1. The summed E-state index contributed by atoms with van der Waals surface area (Å²) >= 11 is 17.3. The predicted octanol–water partition coefficient (Wildman–Crippen LogP) is 3.54. The maximum atomic E-state index is 13.4. The summed E-state index contributed by atoms with van der Waals surface area (Å²) in [6.07, 6.45) is 0.256. The molecule has 4 nitrogen and oxygen atoms in total. The molecule has 1 N–H and O–H groups in total. The first-order valence-corrected chi connectivity index (χ1v) is 7.09. The van der Waals surface area contributed by atoms with Crippen molar-refractivity contribution in [3.8, 4) is 0 Å². The Hall–Kier alpha value is -1.04. The van der Waals surface area contributed by atoms with E-state index >= 15 is 0 Å². The Morgan fingerprint density at radius 1 is 1.43 bits per heavy atom. The van der Waals surface area contributed by atoms with E-state index < -0.39 is 34.0 Å². The molecule has 0 aliphatic heterocycles. The molecule has 0 unspecified atom stereocenters. The van der Waals surface area contributed by atoms with Crippen LogP contribution in [0.2, 0.25) is 5.02 Å². The molecule has 0 spiro atoms. The number of hydrogen-bond donors (Lipinski definition) is 1. The van der Waals surface area contributed by atoms with Crippen LogP contribution in [0.3, 0.4) is 0 Å². The van der Waals surface area contributed by atoms with Crippen molar-refractivity contribution in [1.82, 2.24) is 0 Å². The minimum Gasteiger partial charge on any atom is -0.455 e. The van der Waals surface area contributed by atoms with E-state index in [4.69, 9.17) is 39.5 Å². The van der Waals surface area contributed by atoms with Gasteiger partial charge in [0.15, 0.2) is 6.61 Å². The van der Waals surface area contributed by atoms with E-state index in [-0.39, 0.29) is 17.1 Å². The molecule has 8 heteroatoms. The lowest BCUT2D eigenvalue weighted by molar-refractivity contribution is -0.152. The van der Waals surface area contributed by atoms with Gasteiger partial charge in [0.1, 0.15) is 15.6 Å². The summed E-state index contributed by atoms with van der Waals surface area (Å²) in [6.45, 7) is 0.980.